The van der Waals surface area contributed by atoms with E-state index in [0.717, 1.165) is 10.4 Å². The normalized spacial score (nSPS) is 11.6. The Bertz CT molecular complexity index is 457. The van der Waals surface area contributed by atoms with Crippen molar-refractivity contribution in [2.75, 3.05) is 27.2 Å². The summed E-state index contributed by atoms with van der Waals surface area (Å²) < 4.78 is 26.2. The van der Waals surface area contributed by atoms with Crippen LogP contribution in [0, 0.1) is 13.8 Å². The van der Waals surface area contributed by atoms with Gasteiger partial charge in [0.15, 0.2) is 0 Å². The van der Waals surface area contributed by atoms with Crippen molar-refractivity contribution < 1.29 is 8.42 Å². The van der Waals surface area contributed by atoms with Crippen LogP contribution in [0.3, 0.4) is 0 Å². The van der Waals surface area contributed by atoms with Crippen LogP contribution in [0.15, 0.2) is 10.3 Å². The third kappa shape index (κ3) is 3.93. The molecule has 0 amide bonds. The molecule has 1 aromatic rings. The minimum atomic E-state index is -3.31. The number of hydrogen-bond acceptors (Lipinski definition) is 4. The standard InChI is InChI=1S/C10H18N2O2S2.ClH/c1-8-7-9(2)15-10(8)16(13,14)12(4)6-5-11-3;/h7,11H,5-6H2,1-4H3;1H. The lowest BCUT2D eigenvalue weighted by Crippen LogP contribution is -2.32. The van der Waals surface area contributed by atoms with Gasteiger partial charge in [0, 0.05) is 25.0 Å². The van der Waals surface area contributed by atoms with Gasteiger partial charge in [-0.3, -0.25) is 0 Å². The lowest BCUT2D eigenvalue weighted by atomic mass is 10.4. The Morgan fingerprint density at radius 3 is 2.41 bits per heavy atom. The van der Waals surface area contributed by atoms with E-state index in [2.05, 4.69) is 5.32 Å². The fourth-order valence-electron chi connectivity index (χ4n) is 1.41. The Morgan fingerprint density at radius 1 is 1.41 bits per heavy atom. The quantitative estimate of drug-likeness (QED) is 0.899. The summed E-state index contributed by atoms with van der Waals surface area (Å²) in [5.41, 5.74) is 0.832. The van der Waals surface area contributed by atoms with Crippen molar-refractivity contribution in [2.45, 2.75) is 18.1 Å². The van der Waals surface area contributed by atoms with E-state index in [1.165, 1.54) is 15.6 Å². The Kier molecular flexibility index (Phi) is 6.65. The smallest absolute Gasteiger partial charge is 0.252 e. The van der Waals surface area contributed by atoms with Crippen molar-refractivity contribution in [3.63, 3.8) is 0 Å². The van der Waals surface area contributed by atoms with E-state index in [4.69, 9.17) is 0 Å². The largest absolute Gasteiger partial charge is 0.318 e. The number of aryl methyl sites for hydroxylation is 2. The topological polar surface area (TPSA) is 49.4 Å². The number of nitrogens with one attached hydrogen (secondary N) is 1. The van der Waals surface area contributed by atoms with Gasteiger partial charge in [-0.05, 0) is 32.5 Å². The maximum atomic E-state index is 12.2. The van der Waals surface area contributed by atoms with Crippen LogP contribution in [0.5, 0.6) is 0 Å². The molecule has 0 bridgehead atoms. The van der Waals surface area contributed by atoms with E-state index < -0.39 is 10.0 Å². The number of halogens is 1. The first-order valence-electron chi connectivity index (χ1n) is 5.07. The Morgan fingerprint density at radius 2 is 2.00 bits per heavy atom. The van der Waals surface area contributed by atoms with Crippen molar-refractivity contribution in [3.8, 4) is 0 Å². The molecule has 0 aliphatic rings. The van der Waals surface area contributed by atoms with Gasteiger partial charge in [0.25, 0.3) is 10.0 Å². The van der Waals surface area contributed by atoms with Crippen LogP contribution in [-0.2, 0) is 10.0 Å². The van der Waals surface area contributed by atoms with Crippen molar-refractivity contribution in [2.24, 2.45) is 0 Å². The molecule has 7 heteroatoms. The number of thiophene rings is 1. The lowest BCUT2D eigenvalue weighted by molar-refractivity contribution is 0.467. The highest BCUT2D eigenvalue weighted by Crippen LogP contribution is 2.27. The Hall–Kier alpha value is -0.140. The fraction of sp³-hybridized carbons (Fsp3) is 0.600. The van der Waals surface area contributed by atoms with Crippen molar-refractivity contribution >= 4 is 33.8 Å². The van der Waals surface area contributed by atoms with Crippen LogP contribution in [0.2, 0.25) is 0 Å². The van der Waals surface area contributed by atoms with E-state index in [1.54, 1.807) is 14.1 Å². The Balaban J connectivity index is 0.00000256. The molecule has 0 aliphatic carbocycles. The molecule has 0 aromatic carbocycles. The molecule has 0 radical (unpaired) electrons. The maximum absolute atomic E-state index is 12.2. The van der Waals surface area contributed by atoms with Crippen molar-refractivity contribution in [3.05, 3.63) is 16.5 Å². The average Bonchev–Trinajstić information content (AvgIpc) is 2.54. The summed E-state index contributed by atoms with van der Waals surface area (Å²) >= 11 is 1.33. The summed E-state index contributed by atoms with van der Waals surface area (Å²) in [7, 11) is 0.110. The molecule has 0 unspecified atom stereocenters. The average molecular weight is 299 g/mol. The molecule has 1 rings (SSSR count). The van der Waals surface area contributed by atoms with E-state index in [9.17, 15) is 8.42 Å². The predicted molar refractivity (Wildman–Crippen MR) is 74.8 cm³/mol. The fourth-order valence-corrected chi connectivity index (χ4v) is 4.43. The molecule has 0 fully saturated rings. The summed E-state index contributed by atoms with van der Waals surface area (Å²) in [6.45, 7) is 4.89. The molecule has 100 valence electrons. The van der Waals surface area contributed by atoms with Gasteiger partial charge in [-0.25, -0.2) is 8.42 Å². The highest BCUT2D eigenvalue weighted by atomic mass is 35.5. The molecule has 1 heterocycles. The highest BCUT2D eigenvalue weighted by molar-refractivity contribution is 7.91. The van der Waals surface area contributed by atoms with E-state index in [0.29, 0.717) is 17.3 Å². The third-order valence-corrected chi connectivity index (χ3v) is 5.94. The summed E-state index contributed by atoms with van der Waals surface area (Å²) in [6, 6.07) is 1.91. The molecule has 0 atom stereocenters. The number of likely N-dealkylation sites (N-methyl/N-ethyl adjacent to an activating group) is 2. The molecule has 1 N–H and O–H groups in total. The first kappa shape index (κ1) is 16.9. The van der Waals surface area contributed by atoms with Gasteiger partial charge in [-0.1, -0.05) is 0 Å². The maximum Gasteiger partial charge on any atom is 0.252 e. The molecule has 0 aliphatic heterocycles. The van der Waals surface area contributed by atoms with Gasteiger partial charge < -0.3 is 5.32 Å². The van der Waals surface area contributed by atoms with Crippen LogP contribution in [0.4, 0.5) is 0 Å². The molecular formula is C10H19ClN2O2S2. The second-order valence-electron chi connectivity index (χ2n) is 3.76. The van der Waals surface area contributed by atoms with Crippen molar-refractivity contribution in [1.82, 2.24) is 9.62 Å². The van der Waals surface area contributed by atoms with E-state index in [1.807, 2.05) is 19.9 Å². The van der Waals surface area contributed by atoms with Crippen LogP contribution >= 0.6 is 23.7 Å². The van der Waals surface area contributed by atoms with Gasteiger partial charge in [0.05, 0.1) is 0 Å². The summed E-state index contributed by atoms with van der Waals surface area (Å²) in [5.74, 6) is 0. The van der Waals surface area contributed by atoms with Crippen LogP contribution in [0.25, 0.3) is 0 Å². The SMILES string of the molecule is CNCCN(C)S(=O)(=O)c1sc(C)cc1C.Cl. The minimum absolute atomic E-state index is 0. The number of nitrogens with zero attached hydrogens (tertiary/aromatic N) is 1. The molecule has 0 saturated heterocycles. The van der Waals surface area contributed by atoms with Gasteiger partial charge in [-0.15, -0.1) is 23.7 Å². The molecular weight excluding hydrogens is 280 g/mol. The van der Waals surface area contributed by atoms with Crippen LogP contribution < -0.4 is 5.32 Å². The van der Waals surface area contributed by atoms with Gasteiger partial charge in [0.1, 0.15) is 4.21 Å². The highest BCUT2D eigenvalue weighted by Gasteiger charge is 2.24. The van der Waals surface area contributed by atoms with E-state index >= 15 is 0 Å². The van der Waals surface area contributed by atoms with Crippen LogP contribution in [-0.4, -0.2) is 39.9 Å². The van der Waals surface area contributed by atoms with Gasteiger partial charge in [-0.2, -0.15) is 4.31 Å². The Labute approximate surface area is 113 Å². The monoisotopic (exact) mass is 298 g/mol. The zero-order chi connectivity index (χ0) is 12.3. The van der Waals surface area contributed by atoms with Gasteiger partial charge in [0.2, 0.25) is 0 Å². The second-order valence-corrected chi connectivity index (χ2v) is 7.25. The van der Waals surface area contributed by atoms with Crippen LogP contribution in [0.1, 0.15) is 10.4 Å². The first-order valence-corrected chi connectivity index (χ1v) is 7.33. The van der Waals surface area contributed by atoms with Crippen molar-refractivity contribution in [1.29, 1.82) is 0 Å². The summed E-state index contributed by atoms with van der Waals surface area (Å²) in [4.78, 5) is 1.03. The molecule has 17 heavy (non-hydrogen) atoms. The number of hydrogen-bond donors (Lipinski definition) is 1. The predicted octanol–water partition coefficient (Wildman–Crippen LogP) is 1.63. The number of rotatable bonds is 5. The second kappa shape index (κ2) is 6.70. The van der Waals surface area contributed by atoms with Gasteiger partial charge >= 0.3 is 0 Å². The zero-order valence-electron chi connectivity index (χ0n) is 10.5. The number of sulfonamides is 1. The molecule has 0 spiro atoms. The third-order valence-electron chi connectivity index (χ3n) is 2.32. The summed E-state index contributed by atoms with van der Waals surface area (Å²) in [6.07, 6.45) is 0. The minimum Gasteiger partial charge on any atom is -0.318 e. The molecule has 0 saturated carbocycles. The summed E-state index contributed by atoms with van der Waals surface area (Å²) in [5, 5.41) is 2.94. The lowest BCUT2D eigenvalue weighted by Gasteiger charge is -2.16. The first-order chi connectivity index (χ1) is 7.39. The zero-order valence-corrected chi connectivity index (χ0v) is 12.9. The molecule has 1 aromatic heterocycles. The molecule has 4 nitrogen and oxygen atoms in total. The van der Waals surface area contributed by atoms with E-state index in [-0.39, 0.29) is 12.4 Å².